The van der Waals surface area contributed by atoms with Crippen LogP contribution in [0.4, 0.5) is 0 Å². The fourth-order valence-corrected chi connectivity index (χ4v) is 3.95. The van der Waals surface area contributed by atoms with E-state index in [1.807, 2.05) is 66.2 Å². The Kier molecular flexibility index (Phi) is 7.98. The molecule has 0 saturated carbocycles. The summed E-state index contributed by atoms with van der Waals surface area (Å²) in [4.78, 5) is 31.5. The lowest BCUT2D eigenvalue weighted by Crippen LogP contribution is -2.63. The molecule has 1 heterocycles. The second-order valence-electron chi connectivity index (χ2n) is 7.25. The van der Waals surface area contributed by atoms with Crippen LogP contribution in [0.25, 0.3) is 0 Å². The van der Waals surface area contributed by atoms with E-state index in [4.69, 9.17) is 4.74 Å². The van der Waals surface area contributed by atoms with E-state index in [9.17, 15) is 9.59 Å². The first-order valence-corrected chi connectivity index (χ1v) is 10.6. The number of benzene rings is 1. The Morgan fingerprint density at radius 3 is 2.52 bits per heavy atom. The Balaban J connectivity index is 2.17. The van der Waals surface area contributed by atoms with Gasteiger partial charge in [-0.15, -0.1) is 0 Å². The zero-order valence-electron chi connectivity index (χ0n) is 17.0. The zero-order chi connectivity index (χ0) is 20.0. The number of likely N-dealkylation sites (N-methyl/N-ethyl adjacent to an activating group) is 1. The molecule has 1 aliphatic rings. The molecule has 27 heavy (non-hydrogen) atoms. The Labute approximate surface area is 166 Å². The minimum Gasteiger partial charge on any atom is -0.497 e. The standard InChI is InChI=1S/C20H31N3O3S/c1-15-12-22(13-16-6-8-17(26-4)9-7-16)20(25)18(10-11-27-5)23(15)19(24)14-21(2)3/h6-9,15,18H,10-14H2,1-5H3/t15?,18-/m0/s1. The first-order valence-electron chi connectivity index (χ1n) is 9.24. The third kappa shape index (κ3) is 5.62. The van der Waals surface area contributed by atoms with Crippen LogP contribution in [-0.4, -0.2) is 84.9 Å². The minimum atomic E-state index is -0.383. The Morgan fingerprint density at radius 2 is 1.96 bits per heavy atom. The molecule has 0 N–H and O–H groups in total. The number of hydrogen-bond acceptors (Lipinski definition) is 5. The molecule has 7 heteroatoms. The van der Waals surface area contributed by atoms with E-state index in [-0.39, 0.29) is 23.9 Å². The van der Waals surface area contributed by atoms with Crippen molar-refractivity contribution >= 4 is 23.6 Å². The van der Waals surface area contributed by atoms with Crippen molar-refractivity contribution in [3.8, 4) is 5.75 Å². The number of carbonyl (C=O) groups is 2. The molecule has 1 aliphatic heterocycles. The van der Waals surface area contributed by atoms with Gasteiger partial charge in [-0.05, 0) is 57.1 Å². The molecule has 2 atom stereocenters. The van der Waals surface area contributed by atoms with E-state index in [0.717, 1.165) is 17.1 Å². The smallest absolute Gasteiger partial charge is 0.245 e. The molecule has 0 aromatic heterocycles. The number of nitrogens with zero attached hydrogens (tertiary/aromatic N) is 3. The lowest BCUT2D eigenvalue weighted by Gasteiger charge is -2.45. The number of ether oxygens (including phenoxy) is 1. The summed E-state index contributed by atoms with van der Waals surface area (Å²) in [6.07, 6.45) is 2.71. The molecule has 2 amide bonds. The van der Waals surface area contributed by atoms with E-state index in [0.29, 0.717) is 26.1 Å². The van der Waals surface area contributed by atoms with Crippen LogP contribution in [0.5, 0.6) is 5.75 Å². The summed E-state index contributed by atoms with van der Waals surface area (Å²) in [6, 6.07) is 7.40. The number of amides is 2. The van der Waals surface area contributed by atoms with Gasteiger partial charge in [0, 0.05) is 19.1 Å². The maximum absolute atomic E-state index is 13.2. The quantitative estimate of drug-likeness (QED) is 0.676. The Morgan fingerprint density at radius 1 is 1.30 bits per heavy atom. The summed E-state index contributed by atoms with van der Waals surface area (Å²) in [5.41, 5.74) is 1.06. The van der Waals surface area contributed by atoms with Crippen LogP contribution in [0, 0.1) is 0 Å². The molecule has 150 valence electrons. The van der Waals surface area contributed by atoms with Gasteiger partial charge in [-0.2, -0.15) is 11.8 Å². The Bertz CT molecular complexity index is 636. The molecule has 1 aromatic carbocycles. The fraction of sp³-hybridized carbons (Fsp3) is 0.600. The first kappa shape index (κ1) is 21.6. The molecular weight excluding hydrogens is 362 g/mol. The Hall–Kier alpha value is -1.73. The summed E-state index contributed by atoms with van der Waals surface area (Å²) < 4.78 is 5.20. The number of methoxy groups -OCH3 is 1. The van der Waals surface area contributed by atoms with Crippen molar-refractivity contribution < 1.29 is 14.3 Å². The molecule has 0 aliphatic carbocycles. The van der Waals surface area contributed by atoms with E-state index < -0.39 is 0 Å². The van der Waals surface area contributed by atoms with Gasteiger partial charge in [0.05, 0.1) is 13.7 Å². The predicted octanol–water partition coefficient (Wildman–Crippen LogP) is 1.94. The van der Waals surface area contributed by atoms with Crippen LogP contribution < -0.4 is 4.74 Å². The SMILES string of the molecule is COc1ccc(CN2CC(C)N(C(=O)CN(C)C)[C@@H](CCSC)C2=O)cc1. The number of hydrogen-bond donors (Lipinski definition) is 0. The monoisotopic (exact) mass is 393 g/mol. The third-order valence-electron chi connectivity index (χ3n) is 4.76. The largest absolute Gasteiger partial charge is 0.497 e. The fourth-order valence-electron chi connectivity index (χ4n) is 3.49. The molecule has 6 nitrogen and oxygen atoms in total. The number of carbonyl (C=O) groups excluding carboxylic acids is 2. The zero-order valence-corrected chi connectivity index (χ0v) is 17.8. The van der Waals surface area contributed by atoms with Gasteiger partial charge in [0.25, 0.3) is 0 Å². The molecular formula is C20H31N3O3S. The van der Waals surface area contributed by atoms with Crippen LogP contribution >= 0.6 is 11.8 Å². The van der Waals surface area contributed by atoms with Crippen molar-refractivity contribution in [2.75, 3.05) is 46.3 Å². The maximum Gasteiger partial charge on any atom is 0.245 e. The van der Waals surface area contributed by atoms with Gasteiger partial charge in [0.2, 0.25) is 11.8 Å². The van der Waals surface area contributed by atoms with Gasteiger partial charge in [-0.3, -0.25) is 9.59 Å². The molecule has 0 spiro atoms. The lowest BCUT2D eigenvalue weighted by molar-refractivity contribution is -0.156. The summed E-state index contributed by atoms with van der Waals surface area (Å²) in [7, 11) is 5.39. The van der Waals surface area contributed by atoms with Crippen molar-refractivity contribution in [2.24, 2.45) is 0 Å². The molecule has 1 aromatic rings. The topological polar surface area (TPSA) is 53.1 Å². The van der Waals surface area contributed by atoms with Crippen molar-refractivity contribution in [1.29, 1.82) is 0 Å². The van der Waals surface area contributed by atoms with Crippen LogP contribution in [-0.2, 0) is 16.1 Å². The minimum absolute atomic E-state index is 0.000236. The number of piperazine rings is 1. The van der Waals surface area contributed by atoms with Gasteiger partial charge >= 0.3 is 0 Å². The first-order chi connectivity index (χ1) is 12.9. The second kappa shape index (κ2) is 9.99. The molecule has 0 radical (unpaired) electrons. The highest BCUT2D eigenvalue weighted by Crippen LogP contribution is 2.23. The molecule has 1 unspecified atom stereocenters. The van der Waals surface area contributed by atoms with Crippen LogP contribution in [0.3, 0.4) is 0 Å². The van der Waals surface area contributed by atoms with Crippen molar-refractivity contribution in [3.63, 3.8) is 0 Å². The summed E-state index contributed by atoms with van der Waals surface area (Å²) in [5.74, 6) is 1.72. The normalized spacial score (nSPS) is 20.3. The van der Waals surface area contributed by atoms with Crippen molar-refractivity contribution in [1.82, 2.24) is 14.7 Å². The van der Waals surface area contributed by atoms with Crippen LogP contribution in [0.2, 0.25) is 0 Å². The molecule has 2 rings (SSSR count). The average Bonchev–Trinajstić information content (AvgIpc) is 2.63. The van der Waals surface area contributed by atoms with Crippen molar-refractivity contribution in [2.45, 2.75) is 32.0 Å². The van der Waals surface area contributed by atoms with Crippen LogP contribution in [0.15, 0.2) is 24.3 Å². The van der Waals surface area contributed by atoms with E-state index in [1.165, 1.54) is 0 Å². The van der Waals surface area contributed by atoms with E-state index in [2.05, 4.69) is 0 Å². The summed E-state index contributed by atoms with van der Waals surface area (Å²) >= 11 is 1.70. The van der Waals surface area contributed by atoms with E-state index in [1.54, 1.807) is 18.9 Å². The number of rotatable bonds is 8. The molecule has 0 bridgehead atoms. The van der Waals surface area contributed by atoms with Gasteiger partial charge in [-0.1, -0.05) is 12.1 Å². The van der Waals surface area contributed by atoms with Gasteiger partial charge < -0.3 is 19.4 Å². The highest BCUT2D eigenvalue weighted by molar-refractivity contribution is 7.98. The molecule has 1 saturated heterocycles. The second-order valence-corrected chi connectivity index (χ2v) is 8.24. The summed E-state index contributed by atoms with van der Waals surface area (Å²) in [6.45, 7) is 3.47. The highest BCUT2D eigenvalue weighted by Gasteiger charge is 2.40. The third-order valence-corrected chi connectivity index (χ3v) is 5.40. The van der Waals surface area contributed by atoms with Gasteiger partial charge in [0.15, 0.2) is 0 Å². The van der Waals surface area contributed by atoms with Gasteiger partial charge in [-0.25, -0.2) is 0 Å². The number of thioether (sulfide) groups is 1. The predicted molar refractivity (Wildman–Crippen MR) is 110 cm³/mol. The summed E-state index contributed by atoms with van der Waals surface area (Å²) in [5, 5.41) is 0. The maximum atomic E-state index is 13.2. The van der Waals surface area contributed by atoms with E-state index >= 15 is 0 Å². The lowest BCUT2D eigenvalue weighted by atomic mass is 10.0. The molecule has 1 fully saturated rings. The van der Waals surface area contributed by atoms with Crippen molar-refractivity contribution in [3.05, 3.63) is 29.8 Å². The van der Waals surface area contributed by atoms with Crippen LogP contribution in [0.1, 0.15) is 18.9 Å². The highest BCUT2D eigenvalue weighted by atomic mass is 32.2. The average molecular weight is 394 g/mol. The van der Waals surface area contributed by atoms with Gasteiger partial charge in [0.1, 0.15) is 11.8 Å².